The van der Waals surface area contributed by atoms with Crippen LogP contribution in [0.2, 0.25) is 5.02 Å². The van der Waals surface area contributed by atoms with Crippen molar-refractivity contribution in [2.45, 2.75) is 18.9 Å². The molecule has 0 saturated heterocycles. The number of nitrogens with one attached hydrogen (secondary N) is 1. The minimum Gasteiger partial charge on any atom is -0.445 e. The van der Waals surface area contributed by atoms with Gasteiger partial charge < -0.3 is 10.1 Å². The fourth-order valence-corrected chi connectivity index (χ4v) is 3.43. The van der Waals surface area contributed by atoms with E-state index in [1.807, 2.05) is 12.1 Å². The monoisotopic (exact) mass is 381 g/mol. The SMILES string of the molecule is CC1(C(=O)Nc2cccc(Cl)c2-n2cccn2)Cc2ccccc2C(=O)O1. The van der Waals surface area contributed by atoms with Crippen molar-refractivity contribution in [3.05, 3.63) is 77.1 Å². The first-order chi connectivity index (χ1) is 13.0. The lowest BCUT2D eigenvalue weighted by molar-refractivity contribution is -0.134. The molecule has 1 atom stereocenters. The first-order valence-corrected chi connectivity index (χ1v) is 8.77. The Balaban J connectivity index is 1.66. The van der Waals surface area contributed by atoms with Crippen LogP contribution in [0.15, 0.2) is 60.9 Å². The molecule has 2 aromatic carbocycles. The van der Waals surface area contributed by atoms with Crippen LogP contribution >= 0.6 is 11.6 Å². The first kappa shape index (κ1) is 17.3. The molecule has 1 aliphatic heterocycles. The van der Waals surface area contributed by atoms with Crippen LogP contribution in [0.4, 0.5) is 5.69 Å². The molecule has 0 saturated carbocycles. The molecule has 1 N–H and O–H groups in total. The van der Waals surface area contributed by atoms with Crippen LogP contribution in [0.3, 0.4) is 0 Å². The second kappa shape index (κ2) is 6.55. The third-order valence-corrected chi connectivity index (χ3v) is 4.84. The Morgan fingerprint density at radius 2 is 2.04 bits per heavy atom. The molecule has 0 fully saturated rings. The van der Waals surface area contributed by atoms with Crippen molar-refractivity contribution in [1.29, 1.82) is 0 Å². The van der Waals surface area contributed by atoms with Gasteiger partial charge in [-0.15, -0.1) is 0 Å². The lowest BCUT2D eigenvalue weighted by Crippen LogP contribution is -2.49. The molecule has 0 aliphatic carbocycles. The Kier molecular flexibility index (Phi) is 4.20. The predicted molar refractivity (Wildman–Crippen MR) is 101 cm³/mol. The number of hydrogen-bond acceptors (Lipinski definition) is 4. The smallest absolute Gasteiger partial charge is 0.339 e. The van der Waals surface area contributed by atoms with Gasteiger partial charge in [0.1, 0.15) is 5.69 Å². The maximum absolute atomic E-state index is 13.0. The van der Waals surface area contributed by atoms with Crippen molar-refractivity contribution >= 4 is 29.2 Å². The molecule has 136 valence electrons. The minimum atomic E-state index is -1.32. The average Bonchev–Trinajstić information content (AvgIpc) is 3.16. The quantitative estimate of drug-likeness (QED) is 0.703. The number of benzene rings is 2. The van der Waals surface area contributed by atoms with Crippen LogP contribution < -0.4 is 5.32 Å². The standard InChI is InChI=1S/C20H16ClN3O3/c1-20(12-13-6-2-3-7-14(13)18(25)27-20)19(26)23-16-9-4-8-15(21)17(16)24-11-5-10-22-24/h2-11H,12H2,1H3,(H,23,26). The molecule has 4 rings (SSSR count). The van der Waals surface area contributed by atoms with Gasteiger partial charge in [-0.2, -0.15) is 5.10 Å². The lowest BCUT2D eigenvalue weighted by Gasteiger charge is -2.33. The number of halogens is 1. The van der Waals surface area contributed by atoms with E-state index in [0.29, 0.717) is 28.4 Å². The summed E-state index contributed by atoms with van der Waals surface area (Å²) in [7, 11) is 0. The molecule has 1 amide bonds. The van der Waals surface area contributed by atoms with Gasteiger partial charge in [-0.25, -0.2) is 9.48 Å². The number of ether oxygens (including phenoxy) is 1. The zero-order valence-corrected chi connectivity index (χ0v) is 15.2. The molecule has 1 aliphatic rings. The maximum atomic E-state index is 13.0. The van der Waals surface area contributed by atoms with Gasteiger partial charge in [-0.3, -0.25) is 4.79 Å². The average molecular weight is 382 g/mol. The summed E-state index contributed by atoms with van der Waals surface area (Å²) in [5.74, 6) is -0.936. The summed E-state index contributed by atoms with van der Waals surface area (Å²) in [5.41, 5.74) is 0.971. The molecule has 2 heterocycles. The molecular formula is C20H16ClN3O3. The van der Waals surface area contributed by atoms with Gasteiger partial charge >= 0.3 is 5.97 Å². The van der Waals surface area contributed by atoms with E-state index in [-0.39, 0.29) is 0 Å². The van der Waals surface area contributed by atoms with Crippen molar-refractivity contribution < 1.29 is 14.3 Å². The molecule has 27 heavy (non-hydrogen) atoms. The normalized spacial score (nSPS) is 18.5. The van der Waals surface area contributed by atoms with E-state index >= 15 is 0 Å². The number of esters is 1. The van der Waals surface area contributed by atoms with Crippen LogP contribution in [-0.2, 0) is 16.0 Å². The second-order valence-corrected chi connectivity index (χ2v) is 6.90. The number of amides is 1. The van der Waals surface area contributed by atoms with E-state index < -0.39 is 17.5 Å². The number of rotatable bonds is 3. The Morgan fingerprint density at radius 1 is 1.22 bits per heavy atom. The number of para-hydroxylation sites is 1. The van der Waals surface area contributed by atoms with Crippen LogP contribution in [0.5, 0.6) is 0 Å². The zero-order chi connectivity index (χ0) is 19.0. The summed E-state index contributed by atoms with van der Waals surface area (Å²) in [5, 5.41) is 7.46. The molecule has 6 nitrogen and oxygen atoms in total. The largest absolute Gasteiger partial charge is 0.445 e. The van der Waals surface area contributed by atoms with Gasteiger partial charge in [-0.1, -0.05) is 35.9 Å². The van der Waals surface area contributed by atoms with Crippen LogP contribution in [0.1, 0.15) is 22.8 Å². The number of carbonyl (C=O) groups is 2. The van der Waals surface area contributed by atoms with Crippen molar-refractivity contribution in [2.24, 2.45) is 0 Å². The second-order valence-electron chi connectivity index (χ2n) is 6.50. The number of aromatic nitrogens is 2. The van der Waals surface area contributed by atoms with Crippen LogP contribution in [0.25, 0.3) is 5.69 Å². The highest BCUT2D eigenvalue weighted by molar-refractivity contribution is 6.33. The molecule has 0 spiro atoms. The highest BCUT2D eigenvalue weighted by Crippen LogP contribution is 2.32. The van der Waals surface area contributed by atoms with Crippen molar-refractivity contribution in [2.75, 3.05) is 5.32 Å². The van der Waals surface area contributed by atoms with E-state index in [9.17, 15) is 9.59 Å². The molecule has 0 bridgehead atoms. The summed E-state index contributed by atoms with van der Waals surface area (Å²) in [6, 6.07) is 14.1. The van der Waals surface area contributed by atoms with Crippen molar-refractivity contribution in [3.8, 4) is 5.69 Å². The number of carbonyl (C=O) groups excluding carboxylic acids is 2. The summed E-state index contributed by atoms with van der Waals surface area (Å²) in [4.78, 5) is 25.3. The van der Waals surface area contributed by atoms with Gasteiger partial charge in [0.2, 0.25) is 0 Å². The molecule has 7 heteroatoms. The zero-order valence-electron chi connectivity index (χ0n) is 14.5. The number of anilines is 1. The van der Waals surface area contributed by atoms with E-state index in [1.54, 1.807) is 60.4 Å². The fourth-order valence-electron chi connectivity index (χ4n) is 3.16. The van der Waals surface area contributed by atoms with Gasteiger partial charge in [0.15, 0.2) is 5.60 Å². The van der Waals surface area contributed by atoms with E-state index in [0.717, 1.165) is 5.56 Å². The van der Waals surface area contributed by atoms with Gasteiger partial charge in [-0.05, 0) is 36.8 Å². The summed E-state index contributed by atoms with van der Waals surface area (Å²) < 4.78 is 7.06. The molecule has 1 aromatic heterocycles. The Bertz CT molecular complexity index is 1030. The Morgan fingerprint density at radius 3 is 2.81 bits per heavy atom. The molecular weight excluding hydrogens is 366 g/mol. The first-order valence-electron chi connectivity index (χ1n) is 8.39. The van der Waals surface area contributed by atoms with Gasteiger partial charge in [0.05, 0.1) is 16.3 Å². The van der Waals surface area contributed by atoms with E-state index in [1.165, 1.54) is 0 Å². The van der Waals surface area contributed by atoms with Crippen LogP contribution in [-0.4, -0.2) is 27.3 Å². The highest BCUT2D eigenvalue weighted by atomic mass is 35.5. The van der Waals surface area contributed by atoms with Crippen molar-refractivity contribution in [3.63, 3.8) is 0 Å². The molecule has 3 aromatic rings. The predicted octanol–water partition coefficient (Wildman–Crippen LogP) is 3.64. The summed E-state index contributed by atoms with van der Waals surface area (Å²) in [6.07, 6.45) is 3.64. The number of fused-ring (bicyclic) bond motifs is 1. The van der Waals surface area contributed by atoms with Gasteiger partial charge in [0.25, 0.3) is 5.91 Å². The number of hydrogen-bond donors (Lipinski definition) is 1. The third-order valence-electron chi connectivity index (χ3n) is 4.53. The minimum absolute atomic E-state index is 0.290. The lowest BCUT2D eigenvalue weighted by atomic mass is 9.89. The van der Waals surface area contributed by atoms with Crippen LogP contribution in [0, 0.1) is 0 Å². The number of cyclic esters (lactones) is 1. The Labute approximate surface area is 160 Å². The third kappa shape index (κ3) is 3.08. The summed E-state index contributed by atoms with van der Waals surface area (Å²) >= 11 is 6.32. The molecule has 1 unspecified atom stereocenters. The highest BCUT2D eigenvalue weighted by Gasteiger charge is 2.42. The molecule has 0 radical (unpaired) electrons. The Hall–Kier alpha value is -3.12. The van der Waals surface area contributed by atoms with E-state index in [4.69, 9.17) is 16.3 Å². The topological polar surface area (TPSA) is 73.2 Å². The fraction of sp³-hybridized carbons (Fsp3) is 0.150. The number of nitrogens with zero attached hydrogens (tertiary/aromatic N) is 2. The maximum Gasteiger partial charge on any atom is 0.339 e. The van der Waals surface area contributed by atoms with Gasteiger partial charge in [0, 0.05) is 18.8 Å². The van der Waals surface area contributed by atoms with Crippen molar-refractivity contribution in [1.82, 2.24) is 9.78 Å². The van der Waals surface area contributed by atoms with E-state index in [2.05, 4.69) is 10.4 Å². The summed E-state index contributed by atoms with van der Waals surface area (Å²) in [6.45, 7) is 1.61.